The zero-order chi connectivity index (χ0) is 18.5. The maximum Gasteiger partial charge on any atom is 0.251 e. The van der Waals surface area contributed by atoms with Crippen molar-refractivity contribution in [1.29, 1.82) is 0 Å². The van der Waals surface area contributed by atoms with E-state index >= 15 is 0 Å². The highest BCUT2D eigenvalue weighted by Gasteiger charge is 2.08. The number of aromatic nitrogens is 5. The Morgan fingerprint density at radius 2 is 1.74 bits per heavy atom. The summed E-state index contributed by atoms with van der Waals surface area (Å²) >= 11 is 0. The van der Waals surface area contributed by atoms with E-state index < -0.39 is 0 Å². The number of carbonyl (C=O) groups is 1. The summed E-state index contributed by atoms with van der Waals surface area (Å²) in [5.74, 6) is 0.758. The molecule has 0 atom stereocenters. The molecule has 0 spiro atoms. The number of rotatable bonds is 6. The molecule has 7 heteroatoms. The largest absolute Gasteiger partial charge is 0.350 e. The maximum atomic E-state index is 12.1. The fraction of sp³-hybridized carbons (Fsp3) is 0.100. The minimum Gasteiger partial charge on any atom is -0.350 e. The zero-order valence-corrected chi connectivity index (χ0v) is 14.6. The molecule has 3 heterocycles. The molecule has 0 saturated carbocycles. The molecule has 0 unspecified atom stereocenters. The van der Waals surface area contributed by atoms with Gasteiger partial charge in [-0.05, 0) is 36.4 Å². The Hall–Kier alpha value is -3.74. The summed E-state index contributed by atoms with van der Waals surface area (Å²) in [4.78, 5) is 24.5. The molecule has 4 aromatic rings. The van der Waals surface area contributed by atoms with E-state index in [0.717, 1.165) is 17.1 Å². The first-order valence-electron chi connectivity index (χ1n) is 8.59. The van der Waals surface area contributed by atoms with Crippen molar-refractivity contribution in [2.45, 2.75) is 6.54 Å². The van der Waals surface area contributed by atoms with Crippen LogP contribution in [0.3, 0.4) is 0 Å². The molecule has 3 aromatic heterocycles. The Morgan fingerprint density at radius 3 is 2.48 bits per heavy atom. The van der Waals surface area contributed by atoms with Crippen LogP contribution >= 0.6 is 0 Å². The quantitative estimate of drug-likeness (QED) is 0.575. The van der Waals surface area contributed by atoms with Gasteiger partial charge in [0.25, 0.3) is 5.91 Å². The van der Waals surface area contributed by atoms with Gasteiger partial charge >= 0.3 is 0 Å². The number of benzene rings is 1. The van der Waals surface area contributed by atoms with Crippen LogP contribution in [-0.4, -0.2) is 36.5 Å². The second-order valence-corrected chi connectivity index (χ2v) is 5.95. The average molecular weight is 358 g/mol. The molecule has 1 amide bonds. The van der Waals surface area contributed by atoms with Crippen LogP contribution in [0.4, 0.5) is 0 Å². The second-order valence-electron chi connectivity index (χ2n) is 5.95. The van der Waals surface area contributed by atoms with Crippen molar-refractivity contribution in [2.24, 2.45) is 0 Å². The molecule has 27 heavy (non-hydrogen) atoms. The predicted octanol–water partition coefficient (Wildman–Crippen LogP) is 2.56. The summed E-state index contributed by atoms with van der Waals surface area (Å²) in [6.07, 6.45) is 12.3. The number of pyridine rings is 1. The van der Waals surface area contributed by atoms with Crippen LogP contribution in [0.15, 0.2) is 79.9 Å². The van der Waals surface area contributed by atoms with Gasteiger partial charge in [-0.15, -0.1) is 0 Å². The van der Waals surface area contributed by atoms with Crippen molar-refractivity contribution in [3.05, 3.63) is 85.5 Å². The molecule has 0 bridgehead atoms. The third kappa shape index (κ3) is 3.77. The molecular formula is C20H18N6O. The van der Waals surface area contributed by atoms with E-state index in [1.54, 1.807) is 43.2 Å². The molecule has 0 saturated heterocycles. The minimum atomic E-state index is -0.108. The molecule has 0 aliphatic heterocycles. The van der Waals surface area contributed by atoms with E-state index in [1.165, 1.54) is 0 Å². The van der Waals surface area contributed by atoms with Gasteiger partial charge in [0.15, 0.2) is 0 Å². The first kappa shape index (κ1) is 16.7. The summed E-state index contributed by atoms with van der Waals surface area (Å²) in [5.41, 5.74) is 2.66. The normalized spacial score (nSPS) is 10.7. The Kier molecular flexibility index (Phi) is 4.74. The van der Waals surface area contributed by atoms with E-state index in [-0.39, 0.29) is 5.91 Å². The van der Waals surface area contributed by atoms with Gasteiger partial charge in [0, 0.05) is 67.1 Å². The zero-order valence-electron chi connectivity index (χ0n) is 14.6. The van der Waals surface area contributed by atoms with Gasteiger partial charge < -0.3 is 14.5 Å². The highest BCUT2D eigenvalue weighted by Crippen LogP contribution is 2.19. The van der Waals surface area contributed by atoms with E-state index in [4.69, 9.17) is 0 Å². The van der Waals surface area contributed by atoms with Gasteiger partial charge in [0.1, 0.15) is 5.82 Å². The molecule has 7 nitrogen and oxygen atoms in total. The molecule has 0 radical (unpaired) electrons. The third-order valence-electron chi connectivity index (χ3n) is 4.22. The molecule has 1 N–H and O–H groups in total. The Bertz CT molecular complexity index is 1010. The standard InChI is InChI=1S/C20H18N6O/c27-20(17-5-7-21-8-6-17)24-11-14-25-13-10-23-19(25)16-1-3-18(4-2-16)26-12-9-22-15-26/h1-10,12-13,15H,11,14H2,(H,24,27). The third-order valence-corrected chi connectivity index (χ3v) is 4.22. The van der Waals surface area contributed by atoms with Crippen LogP contribution in [0.1, 0.15) is 10.4 Å². The molecular weight excluding hydrogens is 340 g/mol. The Morgan fingerprint density at radius 1 is 0.926 bits per heavy atom. The number of imidazole rings is 2. The summed E-state index contributed by atoms with van der Waals surface area (Å²) in [6.45, 7) is 1.15. The van der Waals surface area contributed by atoms with E-state index in [2.05, 4.69) is 20.3 Å². The average Bonchev–Trinajstić information content (AvgIpc) is 3.41. The van der Waals surface area contributed by atoms with Crippen molar-refractivity contribution >= 4 is 5.91 Å². The van der Waals surface area contributed by atoms with E-state index in [9.17, 15) is 4.79 Å². The lowest BCUT2D eigenvalue weighted by atomic mass is 10.2. The van der Waals surface area contributed by atoms with Crippen LogP contribution in [-0.2, 0) is 6.54 Å². The summed E-state index contributed by atoms with van der Waals surface area (Å²) in [5, 5.41) is 2.92. The number of nitrogens with one attached hydrogen (secondary N) is 1. The second kappa shape index (κ2) is 7.65. The molecule has 0 fully saturated rings. The van der Waals surface area contributed by atoms with Gasteiger partial charge in [-0.2, -0.15) is 0 Å². The predicted molar refractivity (Wildman–Crippen MR) is 101 cm³/mol. The van der Waals surface area contributed by atoms with Crippen molar-refractivity contribution in [2.75, 3.05) is 6.54 Å². The van der Waals surface area contributed by atoms with E-state index in [1.807, 2.05) is 45.8 Å². The molecule has 1 aromatic carbocycles. The minimum absolute atomic E-state index is 0.108. The van der Waals surface area contributed by atoms with Crippen LogP contribution in [0, 0.1) is 0 Å². The van der Waals surface area contributed by atoms with Crippen LogP contribution in [0.25, 0.3) is 17.1 Å². The lowest BCUT2D eigenvalue weighted by Gasteiger charge is -2.10. The van der Waals surface area contributed by atoms with Crippen LogP contribution in [0.5, 0.6) is 0 Å². The Balaban J connectivity index is 1.41. The van der Waals surface area contributed by atoms with Gasteiger partial charge in [0.05, 0.1) is 6.33 Å². The van der Waals surface area contributed by atoms with Gasteiger partial charge in [-0.25, -0.2) is 9.97 Å². The number of hydrogen-bond donors (Lipinski definition) is 1. The van der Waals surface area contributed by atoms with Crippen molar-refractivity contribution < 1.29 is 4.79 Å². The van der Waals surface area contributed by atoms with Crippen molar-refractivity contribution in [3.63, 3.8) is 0 Å². The highest BCUT2D eigenvalue weighted by atomic mass is 16.1. The molecule has 134 valence electrons. The lowest BCUT2D eigenvalue weighted by Crippen LogP contribution is -2.27. The van der Waals surface area contributed by atoms with Gasteiger partial charge in [-0.1, -0.05) is 0 Å². The monoisotopic (exact) mass is 358 g/mol. The maximum absolute atomic E-state index is 12.1. The fourth-order valence-corrected chi connectivity index (χ4v) is 2.84. The topological polar surface area (TPSA) is 77.6 Å². The summed E-state index contributed by atoms with van der Waals surface area (Å²) in [7, 11) is 0. The summed E-state index contributed by atoms with van der Waals surface area (Å²) < 4.78 is 3.98. The van der Waals surface area contributed by atoms with E-state index in [0.29, 0.717) is 18.7 Å². The first-order chi connectivity index (χ1) is 13.3. The van der Waals surface area contributed by atoms with Crippen LogP contribution in [0.2, 0.25) is 0 Å². The fourth-order valence-electron chi connectivity index (χ4n) is 2.84. The van der Waals surface area contributed by atoms with Crippen molar-refractivity contribution in [1.82, 2.24) is 29.4 Å². The number of nitrogens with zero attached hydrogens (tertiary/aromatic N) is 5. The molecule has 0 aliphatic rings. The van der Waals surface area contributed by atoms with Gasteiger partial charge in [-0.3, -0.25) is 9.78 Å². The smallest absolute Gasteiger partial charge is 0.251 e. The SMILES string of the molecule is O=C(NCCn1ccnc1-c1ccc(-n2ccnc2)cc1)c1ccncc1. The number of amides is 1. The van der Waals surface area contributed by atoms with Crippen LogP contribution < -0.4 is 5.32 Å². The number of carbonyl (C=O) groups excluding carboxylic acids is 1. The number of hydrogen-bond acceptors (Lipinski definition) is 4. The summed E-state index contributed by atoms with van der Waals surface area (Å²) in [6, 6.07) is 11.5. The van der Waals surface area contributed by atoms with Crippen molar-refractivity contribution in [3.8, 4) is 17.1 Å². The Labute approximate surface area is 156 Å². The lowest BCUT2D eigenvalue weighted by molar-refractivity contribution is 0.0952. The van der Waals surface area contributed by atoms with Gasteiger partial charge in [0.2, 0.25) is 0 Å². The molecule has 4 rings (SSSR count). The molecule has 0 aliphatic carbocycles. The highest BCUT2D eigenvalue weighted by molar-refractivity contribution is 5.93. The first-order valence-corrected chi connectivity index (χ1v) is 8.59.